The van der Waals surface area contributed by atoms with Crippen molar-refractivity contribution < 1.29 is 119 Å². The average Bonchev–Trinajstić information content (AvgIpc) is 0.796. The third-order valence-corrected chi connectivity index (χ3v) is 20.1. The molecule has 0 spiro atoms. The molecule has 572 valence electrons. The Labute approximate surface area is 578 Å². The van der Waals surface area contributed by atoms with Gasteiger partial charge >= 0.3 is 0 Å². The van der Waals surface area contributed by atoms with Crippen molar-refractivity contribution in [1.29, 1.82) is 0 Å². The van der Waals surface area contributed by atoms with Crippen LogP contribution in [-0.4, -0.2) is 257 Å². The summed E-state index contributed by atoms with van der Waals surface area (Å²) in [5, 5.41) is 159. The van der Waals surface area contributed by atoms with Gasteiger partial charge in [-0.15, -0.1) is 0 Å². The molecule has 25 atom stereocenters. The van der Waals surface area contributed by atoms with E-state index in [-0.39, 0.29) is 12.8 Å². The number of aliphatic hydroxyl groups is 14. The molecule has 26 nitrogen and oxygen atoms in total. The minimum Gasteiger partial charge on any atom is -0.394 e. The molecule has 0 saturated carbocycles. The van der Waals surface area contributed by atoms with Crippen molar-refractivity contribution in [2.75, 3.05) is 26.4 Å². The fraction of sp³-hybridized carbons (Fsp3) is 0.972. The van der Waals surface area contributed by atoms with E-state index in [0.29, 0.717) is 12.8 Å². The van der Waals surface area contributed by atoms with E-state index >= 15 is 0 Å². The van der Waals surface area contributed by atoms with Crippen LogP contribution in [0.1, 0.15) is 259 Å². The van der Waals surface area contributed by atoms with Crippen LogP contribution < -0.4 is 10.6 Å². The molecular formula is C71H134N2O24. The first-order valence-corrected chi connectivity index (χ1v) is 37.7. The number of amides is 2. The van der Waals surface area contributed by atoms with Crippen molar-refractivity contribution in [2.45, 2.75) is 406 Å². The van der Waals surface area contributed by atoms with E-state index in [0.717, 1.165) is 70.6 Å². The molecule has 0 aromatic carbocycles. The van der Waals surface area contributed by atoms with Crippen LogP contribution >= 0.6 is 0 Å². The van der Waals surface area contributed by atoms with Gasteiger partial charge in [0.05, 0.1) is 44.7 Å². The maximum atomic E-state index is 13.8. The van der Waals surface area contributed by atoms with Crippen molar-refractivity contribution >= 4 is 11.8 Å². The lowest BCUT2D eigenvalue weighted by molar-refractivity contribution is -0.373. The van der Waals surface area contributed by atoms with Gasteiger partial charge in [-0.05, 0) is 25.7 Å². The Morgan fingerprint density at radius 2 is 0.856 bits per heavy atom. The molecule has 4 aliphatic rings. The number of hydrogen-bond donors (Lipinski definition) is 16. The number of nitrogens with one attached hydrogen (secondary N) is 2. The van der Waals surface area contributed by atoms with E-state index < -0.39 is 185 Å². The minimum absolute atomic E-state index is 0.124. The molecule has 0 aromatic heterocycles. The lowest BCUT2D eigenvalue weighted by Gasteiger charge is -2.48. The normalized spacial score (nSPS) is 32.5. The van der Waals surface area contributed by atoms with E-state index in [2.05, 4.69) is 31.4 Å². The molecule has 4 heterocycles. The number of carbonyl (C=O) groups is 2. The molecule has 0 bridgehead atoms. The Bertz CT molecular complexity index is 2010. The number of carbonyl (C=O) groups excluding carboxylic acids is 2. The topological polar surface area (TPSA) is 415 Å². The largest absolute Gasteiger partial charge is 0.394 e. The molecule has 26 heteroatoms. The predicted octanol–water partition coefficient (Wildman–Crippen LogP) is 4.34. The molecule has 4 saturated heterocycles. The molecule has 4 rings (SSSR count). The Morgan fingerprint density at radius 3 is 1.34 bits per heavy atom. The molecule has 2 amide bonds. The zero-order valence-corrected chi connectivity index (χ0v) is 59.4. The maximum absolute atomic E-state index is 13.8. The van der Waals surface area contributed by atoms with Crippen LogP contribution in [0.2, 0.25) is 0 Å². The monoisotopic (exact) mass is 1400 g/mol. The summed E-state index contributed by atoms with van der Waals surface area (Å²) in [6.07, 6.45) is 0.890. The second-order valence-electron chi connectivity index (χ2n) is 28.4. The summed E-state index contributed by atoms with van der Waals surface area (Å²) in [6, 6.07) is -2.93. The van der Waals surface area contributed by atoms with E-state index in [1.165, 1.54) is 148 Å². The molecule has 16 N–H and O–H groups in total. The standard InChI is InChI=1S/C71H134N2O24/c1-6-8-9-10-11-12-13-14-15-16-17-18-19-20-21-22-23-28-31-34-37-40-50(78)67(89)73-48(56(80)49(77)39-36-33-30-27-25-24-26-29-32-35-38-45(3)7-2)43-90-71-66(62(86)57(81)51(41-74)94-71)97-70-64(88)61(85)58(82)53(95-70)44-91-68-54(72-47(5)76)65(59(83)52(42-75)93-68)96-69-63(87)60(84)55(79)46(4)92-69/h45-46,48-66,68-71,74-75,77-88H,6-44H2,1-5H3,(H,72,76)(H,73,89). The molecule has 4 fully saturated rings. The van der Waals surface area contributed by atoms with Crippen molar-refractivity contribution in [1.82, 2.24) is 10.6 Å². The third kappa shape index (κ3) is 31.1. The van der Waals surface area contributed by atoms with Crippen LogP contribution in [0.25, 0.3) is 0 Å². The molecule has 97 heavy (non-hydrogen) atoms. The van der Waals surface area contributed by atoms with Gasteiger partial charge in [-0.1, -0.05) is 233 Å². The van der Waals surface area contributed by atoms with Crippen LogP contribution in [0.5, 0.6) is 0 Å². The van der Waals surface area contributed by atoms with Crippen LogP contribution in [0, 0.1) is 5.92 Å². The summed E-state index contributed by atoms with van der Waals surface area (Å²) < 4.78 is 47.2. The van der Waals surface area contributed by atoms with E-state index in [4.69, 9.17) is 37.9 Å². The SMILES string of the molecule is CCCCCCCCCCCCCCCCCCCCCCCC(O)C(=O)NC(COC1OC(CO)C(O)C(O)C1OC1OC(COC2OC(CO)C(O)C(OC3OC(C)C(O)C(O)C3O)C2NC(C)=O)C(O)C(O)C1O)C(O)C(O)CCCCCCCCCCCCC(C)CC. The number of ether oxygens (including phenoxy) is 8. The van der Waals surface area contributed by atoms with Gasteiger partial charge in [-0.2, -0.15) is 0 Å². The summed E-state index contributed by atoms with van der Waals surface area (Å²) in [7, 11) is 0. The summed E-state index contributed by atoms with van der Waals surface area (Å²) in [5.74, 6) is -0.786. The van der Waals surface area contributed by atoms with Crippen molar-refractivity contribution in [3.8, 4) is 0 Å². The van der Waals surface area contributed by atoms with Gasteiger partial charge in [0.2, 0.25) is 11.8 Å². The number of unbranched alkanes of at least 4 members (excludes halogenated alkanes) is 29. The van der Waals surface area contributed by atoms with Gasteiger partial charge in [0, 0.05) is 6.92 Å². The third-order valence-electron chi connectivity index (χ3n) is 20.1. The highest BCUT2D eigenvalue weighted by Crippen LogP contribution is 2.34. The van der Waals surface area contributed by atoms with E-state index in [1.54, 1.807) is 0 Å². The first-order valence-electron chi connectivity index (χ1n) is 37.7. The zero-order chi connectivity index (χ0) is 71.2. The summed E-state index contributed by atoms with van der Waals surface area (Å²) in [6.45, 7) is 6.12. The van der Waals surface area contributed by atoms with E-state index in [1.807, 2.05) is 0 Å². The Hall–Kier alpha value is -1.94. The Kier molecular flexibility index (Phi) is 44.8. The first-order chi connectivity index (χ1) is 46.6. The molecular weight excluding hydrogens is 1260 g/mol. The lowest BCUT2D eigenvalue weighted by atomic mass is 9.95. The fourth-order valence-electron chi connectivity index (χ4n) is 13.4. The second kappa shape index (κ2) is 49.7. The number of hydrogen-bond acceptors (Lipinski definition) is 24. The number of rotatable bonds is 53. The molecule has 25 unspecified atom stereocenters. The zero-order valence-electron chi connectivity index (χ0n) is 59.4. The van der Waals surface area contributed by atoms with Crippen LogP contribution in [0.15, 0.2) is 0 Å². The molecule has 0 aliphatic carbocycles. The van der Waals surface area contributed by atoms with Gasteiger partial charge in [-0.25, -0.2) is 0 Å². The summed E-state index contributed by atoms with van der Waals surface area (Å²) in [5.41, 5.74) is 0. The summed E-state index contributed by atoms with van der Waals surface area (Å²) in [4.78, 5) is 26.4. The smallest absolute Gasteiger partial charge is 0.249 e. The highest BCUT2D eigenvalue weighted by atomic mass is 16.8. The van der Waals surface area contributed by atoms with Crippen LogP contribution in [-0.2, 0) is 47.5 Å². The van der Waals surface area contributed by atoms with Crippen LogP contribution in [0.3, 0.4) is 0 Å². The highest BCUT2D eigenvalue weighted by molar-refractivity contribution is 5.80. The molecule has 0 aromatic rings. The van der Waals surface area contributed by atoms with E-state index in [9.17, 15) is 81.1 Å². The minimum atomic E-state index is -2.10. The summed E-state index contributed by atoms with van der Waals surface area (Å²) >= 11 is 0. The van der Waals surface area contributed by atoms with Gasteiger partial charge in [0.25, 0.3) is 0 Å². The lowest BCUT2D eigenvalue weighted by Crippen LogP contribution is -2.68. The van der Waals surface area contributed by atoms with Gasteiger partial charge in [0.15, 0.2) is 25.2 Å². The molecule has 4 aliphatic heterocycles. The fourth-order valence-corrected chi connectivity index (χ4v) is 13.4. The van der Waals surface area contributed by atoms with Gasteiger partial charge < -0.3 is 120 Å². The second-order valence-corrected chi connectivity index (χ2v) is 28.4. The number of aliphatic hydroxyl groups excluding tert-OH is 14. The van der Waals surface area contributed by atoms with Crippen molar-refractivity contribution in [2.24, 2.45) is 5.92 Å². The Balaban J connectivity index is 1.37. The predicted molar refractivity (Wildman–Crippen MR) is 360 cm³/mol. The van der Waals surface area contributed by atoms with Gasteiger partial charge in [-0.3, -0.25) is 9.59 Å². The molecule has 0 radical (unpaired) electrons. The highest BCUT2D eigenvalue weighted by Gasteiger charge is 2.54. The Morgan fingerprint density at radius 1 is 0.443 bits per heavy atom. The van der Waals surface area contributed by atoms with Gasteiger partial charge in [0.1, 0.15) is 104 Å². The average molecular weight is 1400 g/mol. The van der Waals surface area contributed by atoms with Crippen molar-refractivity contribution in [3.05, 3.63) is 0 Å². The first kappa shape index (κ1) is 87.5. The maximum Gasteiger partial charge on any atom is 0.249 e. The van der Waals surface area contributed by atoms with Crippen molar-refractivity contribution in [3.63, 3.8) is 0 Å². The quantitative estimate of drug-likeness (QED) is 0.0376. The van der Waals surface area contributed by atoms with Crippen LogP contribution in [0.4, 0.5) is 0 Å².